The highest BCUT2D eigenvalue weighted by molar-refractivity contribution is 5.84. The number of carboxylic acids is 1. The summed E-state index contributed by atoms with van der Waals surface area (Å²) in [5.41, 5.74) is 0.573. The van der Waals surface area contributed by atoms with E-state index in [1.54, 1.807) is 24.3 Å². The Labute approximate surface area is 124 Å². The molecule has 1 aliphatic heterocycles. The molecule has 0 spiro atoms. The molecule has 1 amide bonds. The van der Waals surface area contributed by atoms with Crippen LogP contribution in [-0.2, 0) is 14.3 Å². The maximum Gasteiger partial charge on any atom is 0.330 e. The molecule has 1 aromatic carbocycles. The normalized spacial score (nSPS) is 22.7. The minimum atomic E-state index is -1.06. The summed E-state index contributed by atoms with van der Waals surface area (Å²) in [6.07, 6.45) is 3.29. The van der Waals surface area contributed by atoms with Crippen molar-refractivity contribution in [2.75, 3.05) is 0 Å². The summed E-state index contributed by atoms with van der Waals surface area (Å²) in [7, 11) is 0. The predicted octanol–water partition coefficient (Wildman–Crippen LogP) is 2.28. The Morgan fingerprint density at radius 1 is 1.33 bits per heavy atom. The number of aliphatic carboxylic acids is 1. The molecule has 0 saturated carbocycles. The van der Waals surface area contributed by atoms with Gasteiger partial charge in [-0.1, -0.05) is 30.3 Å². The van der Waals surface area contributed by atoms with E-state index in [2.05, 4.69) is 5.32 Å². The van der Waals surface area contributed by atoms with Gasteiger partial charge in [0.15, 0.2) is 6.04 Å². The fourth-order valence-corrected chi connectivity index (χ4v) is 2.56. The Morgan fingerprint density at radius 2 is 2.05 bits per heavy atom. The molecule has 0 aromatic heterocycles. The van der Waals surface area contributed by atoms with Crippen molar-refractivity contribution in [1.82, 2.24) is 5.32 Å². The third-order valence-corrected chi connectivity index (χ3v) is 3.70. The van der Waals surface area contributed by atoms with Crippen molar-refractivity contribution in [1.29, 1.82) is 0 Å². The second kappa shape index (κ2) is 7.22. The van der Waals surface area contributed by atoms with Gasteiger partial charge < -0.3 is 15.2 Å². The van der Waals surface area contributed by atoms with Crippen LogP contribution in [0.2, 0.25) is 0 Å². The Hall–Kier alpha value is -1.88. The molecule has 1 heterocycles. The van der Waals surface area contributed by atoms with Crippen LogP contribution in [0.25, 0.3) is 0 Å². The van der Waals surface area contributed by atoms with Crippen molar-refractivity contribution >= 4 is 11.9 Å². The molecule has 21 heavy (non-hydrogen) atoms. The summed E-state index contributed by atoms with van der Waals surface area (Å²) < 4.78 is 5.65. The summed E-state index contributed by atoms with van der Waals surface area (Å²) in [6.45, 7) is 2.02. The second-order valence-electron chi connectivity index (χ2n) is 5.43. The van der Waals surface area contributed by atoms with Crippen molar-refractivity contribution in [2.45, 2.75) is 50.9 Å². The number of nitrogens with one attached hydrogen (secondary N) is 1. The van der Waals surface area contributed by atoms with Gasteiger partial charge in [-0.2, -0.15) is 0 Å². The van der Waals surface area contributed by atoms with Gasteiger partial charge in [0.1, 0.15) is 0 Å². The zero-order valence-electron chi connectivity index (χ0n) is 12.1. The molecule has 2 rings (SSSR count). The quantitative estimate of drug-likeness (QED) is 0.843. The molecular weight excluding hydrogens is 270 g/mol. The number of benzene rings is 1. The van der Waals surface area contributed by atoms with Gasteiger partial charge in [0.2, 0.25) is 5.91 Å². The number of rotatable bonds is 6. The van der Waals surface area contributed by atoms with Crippen LogP contribution in [0, 0.1) is 0 Å². The summed E-state index contributed by atoms with van der Waals surface area (Å²) in [5, 5.41) is 11.8. The number of carbonyl (C=O) groups excluding carboxylic acids is 1. The second-order valence-corrected chi connectivity index (χ2v) is 5.43. The lowest BCUT2D eigenvalue weighted by Crippen LogP contribution is -2.34. The SMILES string of the molecule is C[C@H]1CC[C@@H](CCC(=O)N[C@H](C(=O)O)c2ccccc2)O1. The lowest BCUT2D eigenvalue weighted by molar-refractivity contribution is -0.142. The van der Waals surface area contributed by atoms with Crippen LogP contribution in [0.1, 0.15) is 44.2 Å². The maximum absolute atomic E-state index is 11.9. The molecular formula is C16H21NO4. The van der Waals surface area contributed by atoms with Crippen LogP contribution in [0.15, 0.2) is 30.3 Å². The van der Waals surface area contributed by atoms with E-state index < -0.39 is 12.0 Å². The van der Waals surface area contributed by atoms with Crippen molar-refractivity contribution in [3.8, 4) is 0 Å². The molecule has 0 aliphatic carbocycles. The Kier molecular flexibility index (Phi) is 5.33. The lowest BCUT2D eigenvalue weighted by atomic mass is 10.1. The van der Waals surface area contributed by atoms with E-state index in [1.807, 2.05) is 13.0 Å². The van der Waals surface area contributed by atoms with Gasteiger partial charge in [0.05, 0.1) is 12.2 Å². The van der Waals surface area contributed by atoms with E-state index in [4.69, 9.17) is 4.74 Å². The van der Waals surface area contributed by atoms with Gasteiger partial charge in [0.25, 0.3) is 0 Å². The van der Waals surface area contributed by atoms with Crippen LogP contribution in [0.5, 0.6) is 0 Å². The number of amides is 1. The maximum atomic E-state index is 11.9. The van der Waals surface area contributed by atoms with Crippen molar-refractivity contribution < 1.29 is 19.4 Å². The van der Waals surface area contributed by atoms with Crippen LogP contribution in [-0.4, -0.2) is 29.2 Å². The highest BCUT2D eigenvalue weighted by atomic mass is 16.5. The Morgan fingerprint density at radius 3 is 2.62 bits per heavy atom. The zero-order chi connectivity index (χ0) is 15.2. The molecule has 2 N–H and O–H groups in total. The first kappa shape index (κ1) is 15.5. The Balaban J connectivity index is 1.86. The average molecular weight is 291 g/mol. The minimum Gasteiger partial charge on any atom is -0.479 e. The van der Waals surface area contributed by atoms with Gasteiger partial charge >= 0.3 is 5.97 Å². The van der Waals surface area contributed by atoms with Crippen LogP contribution >= 0.6 is 0 Å². The molecule has 0 bridgehead atoms. The first-order valence-electron chi connectivity index (χ1n) is 7.29. The van der Waals surface area contributed by atoms with E-state index in [0.29, 0.717) is 12.0 Å². The third kappa shape index (κ3) is 4.56. The van der Waals surface area contributed by atoms with Crippen LogP contribution in [0.4, 0.5) is 0 Å². The first-order valence-corrected chi connectivity index (χ1v) is 7.29. The molecule has 1 fully saturated rings. The first-order chi connectivity index (χ1) is 10.1. The highest BCUT2D eigenvalue weighted by Crippen LogP contribution is 2.22. The molecule has 1 aliphatic rings. The van der Waals surface area contributed by atoms with E-state index in [9.17, 15) is 14.7 Å². The zero-order valence-corrected chi connectivity index (χ0v) is 12.1. The summed E-state index contributed by atoms with van der Waals surface area (Å²) >= 11 is 0. The van der Waals surface area contributed by atoms with Crippen molar-refractivity contribution in [2.24, 2.45) is 0 Å². The molecule has 3 atom stereocenters. The van der Waals surface area contributed by atoms with E-state index in [-0.39, 0.29) is 24.5 Å². The van der Waals surface area contributed by atoms with E-state index in [1.165, 1.54) is 0 Å². The number of carbonyl (C=O) groups is 2. The summed E-state index contributed by atoms with van der Waals surface area (Å²) in [5.74, 6) is -1.31. The standard InChI is InChI=1S/C16H21NO4/c1-11-7-8-13(21-11)9-10-14(18)17-15(16(19)20)12-5-3-2-4-6-12/h2-6,11,13,15H,7-10H2,1H3,(H,17,18)(H,19,20)/t11-,13-,15-/m0/s1. The molecule has 0 unspecified atom stereocenters. The molecule has 0 radical (unpaired) electrons. The topological polar surface area (TPSA) is 75.6 Å². The highest BCUT2D eigenvalue weighted by Gasteiger charge is 2.25. The predicted molar refractivity (Wildman–Crippen MR) is 77.8 cm³/mol. The smallest absolute Gasteiger partial charge is 0.330 e. The van der Waals surface area contributed by atoms with Gasteiger partial charge in [-0.3, -0.25) is 4.79 Å². The van der Waals surface area contributed by atoms with E-state index in [0.717, 1.165) is 12.8 Å². The van der Waals surface area contributed by atoms with Gasteiger partial charge in [0, 0.05) is 6.42 Å². The van der Waals surface area contributed by atoms with Gasteiger partial charge in [-0.15, -0.1) is 0 Å². The van der Waals surface area contributed by atoms with Gasteiger partial charge in [-0.25, -0.2) is 4.79 Å². The molecule has 114 valence electrons. The number of carboxylic acid groups (broad SMARTS) is 1. The minimum absolute atomic E-state index is 0.116. The van der Waals surface area contributed by atoms with Gasteiger partial charge in [-0.05, 0) is 31.7 Å². The molecule has 1 saturated heterocycles. The monoisotopic (exact) mass is 291 g/mol. The summed E-state index contributed by atoms with van der Waals surface area (Å²) in [6, 6.07) is 7.71. The number of ether oxygens (including phenoxy) is 1. The van der Waals surface area contributed by atoms with Crippen LogP contribution in [0.3, 0.4) is 0 Å². The fraction of sp³-hybridized carbons (Fsp3) is 0.500. The fourth-order valence-electron chi connectivity index (χ4n) is 2.56. The van der Waals surface area contributed by atoms with Crippen molar-refractivity contribution in [3.63, 3.8) is 0 Å². The number of hydrogen-bond donors (Lipinski definition) is 2. The average Bonchev–Trinajstić information content (AvgIpc) is 2.89. The third-order valence-electron chi connectivity index (χ3n) is 3.70. The molecule has 5 nitrogen and oxygen atoms in total. The van der Waals surface area contributed by atoms with Crippen molar-refractivity contribution in [3.05, 3.63) is 35.9 Å². The van der Waals surface area contributed by atoms with Crippen LogP contribution < -0.4 is 5.32 Å². The molecule has 5 heteroatoms. The summed E-state index contributed by atoms with van der Waals surface area (Å²) in [4.78, 5) is 23.2. The largest absolute Gasteiger partial charge is 0.479 e. The molecule has 1 aromatic rings. The lowest BCUT2D eigenvalue weighted by Gasteiger charge is -2.16. The Bertz CT molecular complexity index is 488. The number of hydrogen-bond acceptors (Lipinski definition) is 3. The van der Waals surface area contributed by atoms with E-state index >= 15 is 0 Å².